The summed E-state index contributed by atoms with van der Waals surface area (Å²) in [5.74, 6) is -1.15. The van der Waals surface area contributed by atoms with Crippen molar-refractivity contribution < 1.29 is 18.0 Å². The second kappa shape index (κ2) is 6.52. The van der Waals surface area contributed by atoms with Crippen molar-refractivity contribution in [1.82, 2.24) is 24.8 Å². The van der Waals surface area contributed by atoms with Crippen LogP contribution < -0.4 is 0 Å². The molecule has 1 aliphatic carbocycles. The van der Waals surface area contributed by atoms with Gasteiger partial charge in [0.05, 0.1) is 22.9 Å². The van der Waals surface area contributed by atoms with Crippen molar-refractivity contribution in [2.45, 2.75) is 58.2 Å². The van der Waals surface area contributed by atoms with Crippen molar-refractivity contribution in [1.29, 1.82) is 0 Å². The fraction of sp³-hybridized carbons (Fsp3) is 0.478. The Labute approximate surface area is 183 Å². The van der Waals surface area contributed by atoms with Gasteiger partial charge in [-0.15, -0.1) is 0 Å². The number of imidazole rings is 1. The van der Waals surface area contributed by atoms with Crippen molar-refractivity contribution in [3.63, 3.8) is 0 Å². The van der Waals surface area contributed by atoms with E-state index in [4.69, 9.17) is 4.98 Å². The lowest BCUT2D eigenvalue weighted by Crippen LogP contribution is -2.66. The van der Waals surface area contributed by atoms with Crippen molar-refractivity contribution >= 4 is 16.9 Å². The first kappa shape index (κ1) is 20.9. The maximum Gasteiger partial charge on any atom is 0.471 e. The summed E-state index contributed by atoms with van der Waals surface area (Å²) in [6, 6.07) is 3.47. The Kier molecular flexibility index (Phi) is 4.26. The number of carbonyl (C=O) groups is 1. The van der Waals surface area contributed by atoms with Gasteiger partial charge >= 0.3 is 12.1 Å². The summed E-state index contributed by atoms with van der Waals surface area (Å²) >= 11 is 0. The molecule has 0 radical (unpaired) electrons. The van der Waals surface area contributed by atoms with E-state index in [1.165, 1.54) is 0 Å². The number of aromatic nitrogens is 4. The van der Waals surface area contributed by atoms with Gasteiger partial charge in [0.25, 0.3) is 0 Å². The second-order valence-corrected chi connectivity index (χ2v) is 9.67. The van der Waals surface area contributed by atoms with Crippen LogP contribution in [0.3, 0.4) is 0 Å². The molecule has 2 bridgehead atoms. The third kappa shape index (κ3) is 2.86. The summed E-state index contributed by atoms with van der Waals surface area (Å²) in [7, 11) is 0. The maximum absolute atomic E-state index is 13.3. The third-order valence-corrected chi connectivity index (χ3v) is 7.73. The van der Waals surface area contributed by atoms with E-state index in [-0.39, 0.29) is 12.0 Å². The highest BCUT2D eigenvalue weighted by Gasteiger charge is 2.59. The summed E-state index contributed by atoms with van der Waals surface area (Å²) < 4.78 is 39.9. The Hall–Kier alpha value is -2.97. The van der Waals surface area contributed by atoms with Crippen LogP contribution in [-0.2, 0) is 16.6 Å². The zero-order valence-electron chi connectivity index (χ0n) is 18.3. The summed E-state index contributed by atoms with van der Waals surface area (Å²) in [6.07, 6.45) is -0.717. The molecule has 1 saturated heterocycles. The number of rotatable bonds is 1. The van der Waals surface area contributed by atoms with E-state index in [2.05, 4.69) is 21.9 Å². The number of nitrogens with zero attached hydrogens (tertiary/aromatic N) is 4. The first-order valence-electron chi connectivity index (χ1n) is 10.6. The minimum atomic E-state index is -4.87. The largest absolute Gasteiger partial charge is 0.471 e. The highest BCUT2D eigenvalue weighted by atomic mass is 19.4. The van der Waals surface area contributed by atoms with Crippen molar-refractivity contribution in [3.8, 4) is 11.5 Å². The quantitative estimate of drug-likeness (QED) is 0.608. The maximum atomic E-state index is 13.3. The minimum Gasteiger partial charge on any atom is -0.337 e. The molecule has 2 aromatic heterocycles. The number of piperidine rings is 1. The van der Waals surface area contributed by atoms with Gasteiger partial charge in [-0.1, -0.05) is 20.8 Å². The number of carbonyl (C=O) groups excluding carboxylic acids is 1. The zero-order valence-corrected chi connectivity index (χ0v) is 18.3. The third-order valence-electron chi connectivity index (χ3n) is 7.73. The van der Waals surface area contributed by atoms with Gasteiger partial charge in [0, 0.05) is 24.2 Å². The summed E-state index contributed by atoms with van der Waals surface area (Å²) in [4.78, 5) is 29.8. The number of likely N-dealkylation sites (tertiary alicyclic amines) is 1. The molecule has 1 aliphatic heterocycles. The number of aromatic amines is 1. The van der Waals surface area contributed by atoms with Crippen LogP contribution in [0.4, 0.5) is 13.2 Å². The van der Waals surface area contributed by atoms with Gasteiger partial charge in [-0.05, 0) is 48.4 Å². The molecule has 0 spiro atoms. The lowest BCUT2D eigenvalue weighted by atomic mass is 9.51. The normalized spacial score (nSPS) is 24.5. The molecular formula is C23H24F3N5O. The molecule has 1 amide bonds. The van der Waals surface area contributed by atoms with Crippen LogP contribution in [0.15, 0.2) is 24.5 Å². The number of hydrogen-bond donors (Lipinski definition) is 1. The topological polar surface area (TPSA) is 74.8 Å². The number of fused-ring (bicyclic) bond motifs is 5. The molecule has 3 heterocycles. The zero-order chi connectivity index (χ0) is 23.1. The number of benzene rings is 1. The molecule has 9 heteroatoms. The van der Waals surface area contributed by atoms with Crippen molar-refractivity contribution in [3.05, 3.63) is 41.3 Å². The van der Waals surface area contributed by atoms with E-state index < -0.39 is 23.5 Å². The van der Waals surface area contributed by atoms with E-state index in [0.717, 1.165) is 32.8 Å². The van der Waals surface area contributed by atoms with E-state index in [1.807, 2.05) is 32.9 Å². The Morgan fingerprint density at radius 1 is 1.19 bits per heavy atom. The van der Waals surface area contributed by atoms with Crippen molar-refractivity contribution in [2.75, 3.05) is 6.54 Å². The van der Waals surface area contributed by atoms with E-state index in [9.17, 15) is 18.0 Å². The number of aryl methyl sites for hydroxylation is 1. The fourth-order valence-corrected chi connectivity index (χ4v) is 5.46. The Bertz CT molecular complexity index is 1230. The molecule has 0 saturated carbocycles. The predicted octanol–water partition coefficient (Wildman–Crippen LogP) is 4.33. The highest BCUT2D eigenvalue weighted by Crippen LogP contribution is 2.56. The molecule has 0 unspecified atom stereocenters. The monoisotopic (exact) mass is 443 g/mol. The molecule has 3 aromatic rings. The van der Waals surface area contributed by atoms with Crippen molar-refractivity contribution in [2.24, 2.45) is 5.41 Å². The van der Waals surface area contributed by atoms with E-state index in [0.29, 0.717) is 24.4 Å². The highest BCUT2D eigenvalue weighted by molar-refractivity contribution is 5.84. The lowest BCUT2D eigenvalue weighted by molar-refractivity contribution is -0.195. The number of nitrogens with one attached hydrogen (secondary N) is 1. The number of hydrogen-bond acceptors (Lipinski definition) is 4. The molecule has 5 rings (SSSR count). The standard InChI is InChI=1S/C23H24F3N5O/c1-12-10-28-17(11-27-12)19-29-15-7-13-8-18-21(2,3)22(4,14(13)9-16(15)30-19)5-6-31(18)20(32)23(24,25)26/h7,9-11,18H,5-6,8H2,1-4H3,(H,29,30)/t18-,22-/m0/s1. The van der Waals surface area contributed by atoms with Gasteiger partial charge in [-0.3, -0.25) is 9.78 Å². The molecule has 1 fully saturated rings. The van der Waals surface area contributed by atoms with Gasteiger partial charge < -0.3 is 9.88 Å². The van der Waals surface area contributed by atoms with Crippen LogP contribution >= 0.6 is 0 Å². The van der Waals surface area contributed by atoms with E-state index >= 15 is 0 Å². The summed E-state index contributed by atoms with van der Waals surface area (Å²) in [5.41, 5.74) is 4.13. The second-order valence-electron chi connectivity index (χ2n) is 9.67. The SMILES string of the molecule is Cc1cnc(-c2nc3cc4c(cc3[nH]2)C[C@@H]2N(C(=O)C(F)(F)F)CC[C@]4(C)C2(C)C)cn1. The molecule has 2 aliphatic rings. The average Bonchev–Trinajstić information content (AvgIpc) is 3.12. The Balaban J connectivity index is 1.62. The van der Waals surface area contributed by atoms with Gasteiger partial charge in [-0.25, -0.2) is 9.97 Å². The number of H-pyrrole nitrogens is 1. The number of halogens is 3. The molecule has 6 nitrogen and oxygen atoms in total. The Morgan fingerprint density at radius 3 is 2.59 bits per heavy atom. The van der Waals surface area contributed by atoms with Crippen LogP contribution in [0.2, 0.25) is 0 Å². The molecule has 168 valence electrons. The molecule has 32 heavy (non-hydrogen) atoms. The van der Waals surface area contributed by atoms with Gasteiger partial charge in [0.1, 0.15) is 5.69 Å². The van der Waals surface area contributed by atoms with Gasteiger partial charge in [0.15, 0.2) is 5.82 Å². The smallest absolute Gasteiger partial charge is 0.337 e. The molecule has 1 aromatic carbocycles. The van der Waals surface area contributed by atoms with Gasteiger partial charge in [0.2, 0.25) is 0 Å². The molecule has 1 N–H and O–H groups in total. The van der Waals surface area contributed by atoms with Crippen LogP contribution in [0, 0.1) is 12.3 Å². The first-order chi connectivity index (χ1) is 14.9. The molecule has 2 atom stereocenters. The Morgan fingerprint density at radius 2 is 1.94 bits per heavy atom. The van der Waals surface area contributed by atoms with Crippen LogP contribution in [0.5, 0.6) is 0 Å². The van der Waals surface area contributed by atoms with E-state index in [1.54, 1.807) is 12.4 Å². The summed E-state index contributed by atoms with van der Waals surface area (Å²) in [6.45, 7) is 7.98. The number of amides is 1. The number of alkyl halides is 3. The lowest BCUT2D eigenvalue weighted by Gasteiger charge is -2.60. The minimum absolute atomic E-state index is 0.0885. The van der Waals surface area contributed by atoms with Gasteiger partial charge in [-0.2, -0.15) is 13.2 Å². The first-order valence-corrected chi connectivity index (χ1v) is 10.6. The fourth-order valence-electron chi connectivity index (χ4n) is 5.46. The predicted molar refractivity (Wildman–Crippen MR) is 113 cm³/mol. The molecular weight excluding hydrogens is 419 g/mol. The van der Waals surface area contributed by atoms with Crippen LogP contribution in [-0.4, -0.2) is 49.5 Å². The average molecular weight is 443 g/mol. The van der Waals surface area contributed by atoms with Crippen LogP contribution in [0.1, 0.15) is 44.0 Å². The summed E-state index contributed by atoms with van der Waals surface area (Å²) in [5, 5.41) is 0. The van der Waals surface area contributed by atoms with Crippen LogP contribution in [0.25, 0.3) is 22.6 Å².